The first-order chi connectivity index (χ1) is 16.2. The number of aromatic nitrogens is 3. The Labute approximate surface area is 191 Å². The minimum Gasteiger partial charge on any atom is -0.436 e. The van der Waals surface area contributed by atoms with Crippen LogP contribution in [0, 0.1) is 0 Å². The molecule has 0 unspecified atom stereocenters. The topological polar surface area (TPSA) is 108 Å². The van der Waals surface area contributed by atoms with Crippen LogP contribution in [0.2, 0.25) is 0 Å². The maximum atomic E-state index is 12.4. The molecule has 4 N–H and O–H groups in total. The third-order valence-electron chi connectivity index (χ3n) is 6.44. The highest BCUT2D eigenvalue weighted by Crippen LogP contribution is 2.30. The Morgan fingerprint density at radius 3 is 2.79 bits per heavy atom. The number of hydrogen-bond acceptors (Lipinski definition) is 6. The molecule has 2 atom stereocenters. The summed E-state index contributed by atoms with van der Waals surface area (Å²) in [5.74, 6) is 2.18. The Kier molecular flexibility index (Phi) is 5.16. The summed E-state index contributed by atoms with van der Waals surface area (Å²) >= 11 is 0. The molecule has 4 heterocycles. The number of anilines is 1. The van der Waals surface area contributed by atoms with E-state index < -0.39 is 0 Å². The second-order valence-corrected chi connectivity index (χ2v) is 8.75. The first kappa shape index (κ1) is 20.1. The lowest BCUT2D eigenvalue weighted by molar-refractivity contribution is -0.117. The second kappa shape index (κ2) is 8.46. The van der Waals surface area contributed by atoms with Gasteiger partial charge in [0, 0.05) is 16.8 Å². The predicted molar refractivity (Wildman–Crippen MR) is 127 cm³/mol. The molecule has 0 spiro atoms. The van der Waals surface area contributed by atoms with E-state index in [1.165, 1.54) is 6.42 Å². The molecule has 0 aliphatic carbocycles. The third kappa shape index (κ3) is 4.03. The molecule has 6 rings (SSSR count). The normalized spacial score (nSPS) is 20.5. The van der Waals surface area contributed by atoms with Gasteiger partial charge in [-0.1, -0.05) is 12.1 Å². The summed E-state index contributed by atoms with van der Waals surface area (Å²) in [6.45, 7) is 1.93. The molecular weight excluding hydrogens is 416 g/mol. The van der Waals surface area contributed by atoms with Crippen molar-refractivity contribution in [3.63, 3.8) is 0 Å². The third-order valence-corrected chi connectivity index (χ3v) is 6.44. The van der Waals surface area contributed by atoms with Crippen LogP contribution in [-0.2, 0) is 4.79 Å². The van der Waals surface area contributed by atoms with Gasteiger partial charge in [0.25, 0.3) is 0 Å². The average Bonchev–Trinajstić information content (AvgIpc) is 3.64. The van der Waals surface area contributed by atoms with E-state index in [0.29, 0.717) is 17.7 Å². The van der Waals surface area contributed by atoms with Crippen molar-refractivity contribution in [3.8, 4) is 22.8 Å². The SMILES string of the molecule is O=C(Nc1cccc(-c2cnc(-c3ccc4[nH]c([C@@H]5CCCN5)nc4c3)o2)c1)[C@@H]1CCCN1. The number of hydrogen-bond donors (Lipinski definition) is 4. The molecule has 0 radical (unpaired) electrons. The monoisotopic (exact) mass is 442 g/mol. The highest BCUT2D eigenvalue weighted by molar-refractivity contribution is 5.95. The Hall–Kier alpha value is -3.49. The molecule has 2 aromatic carbocycles. The molecule has 0 saturated carbocycles. The Morgan fingerprint density at radius 2 is 1.94 bits per heavy atom. The number of carbonyl (C=O) groups excluding carboxylic acids is 1. The molecule has 2 fully saturated rings. The standard InChI is InChI=1S/C25H26N6O2/c32-24(20-7-3-11-27-20)29-17-5-1-4-15(12-17)22-14-28-25(33-22)16-8-9-18-21(13-16)31-23(30-18)19-6-2-10-26-19/h1,4-5,8-9,12-14,19-20,26-27H,2-3,6-7,10-11H2,(H,29,32)(H,30,31)/t19-,20-/m0/s1. The predicted octanol–water partition coefficient (Wildman–Crippen LogP) is 4.00. The smallest absolute Gasteiger partial charge is 0.241 e. The highest BCUT2D eigenvalue weighted by atomic mass is 16.4. The molecule has 8 nitrogen and oxygen atoms in total. The van der Waals surface area contributed by atoms with Crippen molar-refractivity contribution < 1.29 is 9.21 Å². The zero-order valence-electron chi connectivity index (χ0n) is 18.2. The Balaban J connectivity index is 1.22. The number of benzene rings is 2. The lowest BCUT2D eigenvalue weighted by Gasteiger charge is -2.11. The Bertz CT molecular complexity index is 1300. The number of nitrogens with zero attached hydrogens (tertiary/aromatic N) is 2. The van der Waals surface area contributed by atoms with E-state index in [4.69, 9.17) is 9.40 Å². The number of nitrogens with one attached hydrogen (secondary N) is 4. The first-order valence-corrected chi connectivity index (χ1v) is 11.6. The summed E-state index contributed by atoms with van der Waals surface area (Å²) in [5.41, 5.74) is 4.40. The lowest BCUT2D eigenvalue weighted by atomic mass is 10.1. The number of aromatic amines is 1. The van der Waals surface area contributed by atoms with Crippen molar-refractivity contribution in [1.29, 1.82) is 0 Å². The van der Waals surface area contributed by atoms with Gasteiger partial charge in [-0.25, -0.2) is 9.97 Å². The fraction of sp³-hybridized carbons (Fsp3) is 0.320. The molecule has 2 aromatic heterocycles. The summed E-state index contributed by atoms with van der Waals surface area (Å²) in [7, 11) is 0. The van der Waals surface area contributed by atoms with Gasteiger partial charge < -0.3 is 25.4 Å². The van der Waals surface area contributed by atoms with Gasteiger partial charge in [-0.2, -0.15) is 0 Å². The fourth-order valence-electron chi connectivity index (χ4n) is 4.67. The van der Waals surface area contributed by atoms with Crippen LogP contribution in [0.1, 0.15) is 37.5 Å². The van der Waals surface area contributed by atoms with Crippen LogP contribution >= 0.6 is 0 Å². The fourth-order valence-corrected chi connectivity index (χ4v) is 4.67. The largest absolute Gasteiger partial charge is 0.436 e. The molecule has 0 bridgehead atoms. The van der Waals surface area contributed by atoms with E-state index in [1.807, 2.05) is 42.5 Å². The van der Waals surface area contributed by atoms with Gasteiger partial charge in [-0.05, 0) is 69.1 Å². The summed E-state index contributed by atoms with van der Waals surface area (Å²) in [4.78, 5) is 25.1. The van der Waals surface area contributed by atoms with Crippen LogP contribution in [0.15, 0.2) is 53.1 Å². The van der Waals surface area contributed by atoms with Crippen molar-refractivity contribution >= 4 is 22.6 Å². The van der Waals surface area contributed by atoms with Gasteiger partial charge in [0.1, 0.15) is 5.82 Å². The van der Waals surface area contributed by atoms with Crippen molar-refractivity contribution in [3.05, 3.63) is 54.5 Å². The van der Waals surface area contributed by atoms with E-state index >= 15 is 0 Å². The minimum atomic E-state index is -0.118. The maximum absolute atomic E-state index is 12.4. The van der Waals surface area contributed by atoms with Crippen LogP contribution in [0.25, 0.3) is 33.8 Å². The van der Waals surface area contributed by atoms with Crippen molar-refractivity contribution in [2.24, 2.45) is 0 Å². The summed E-state index contributed by atoms with van der Waals surface area (Å²) in [5, 5.41) is 9.70. The number of fused-ring (bicyclic) bond motifs is 1. The number of oxazole rings is 1. The molecule has 2 aliphatic rings. The van der Waals surface area contributed by atoms with Crippen LogP contribution in [0.3, 0.4) is 0 Å². The lowest BCUT2D eigenvalue weighted by Crippen LogP contribution is -2.35. The van der Waals surface area contributed by atoms with Crippen LogP contribution in [0.4, 0.5) is 5.69 Å². The van der Waals surface area contributed by atoms with Crippen LogP contribution in [-0.4, -0.2) is 40.0 Å². The number of amides is 1. The van der Waals surface area contributed by atoms with E-state index in [-0.39, 0.29) is 11.9 Å². The molecular formula is C25H26N6O2. The van der Waals surface area contributed by atoms with E-state index in [0.717, 1.165) is 66.0 Å². The number of H-pyrrole nitrogens is 1. The van der Waals surface area contributed by atoms with Crippen molar-refractivity contribution in [2.75, 3.05) is 18.4 Å². The minimum absolute atomic E-state index is 0.00221. The summed E-state index contributed by atoms with van der Waals surface area (Å²) in [6.07, 6.45) is 5.90. The van der Waals surface area contributed by atoms with Gasteiger partial charge >= 0.3 is 0 Å². The first-order valence-electron chi connectivity index (χ1n) is 11.6. The second-order valence-electron chi connectivity index (χ2n) is 8.75. The number of carbonyl (C=O) groups is 1. The van der Waals surface area contributed by atoms with Crippen molar-refractivity contribution in [2.45, 2.75) is 37.8 Å². The molecule has 4 aromatic rings. The maximum Gasteiger partial charge on any atom is 0.241 e. The van der Waals surface area contributed by atoms with Crippen LogP contribution < -0.4 is 16.0 Å². The summed E-state index contributed by atoms with van der Waals surface area (Å²) in [6, 6.07) is 13.9. The highest BCUT2D eigenvalue weighted by Gasteiger charge is 2.22. The van der Waals surface area contributed by atoms with Gasteiger partial charge in [-0.3, -0.25) is 4.79 Å². The molecule has 33 heavy (non-hydrogen) atoms. The number of imidazole rings is 1. The van der Waals surface area contributed by atoms with Gasteiger partial charge in [0.2, 0.25) is 11.8 Å². The molecule has 2 aliphatic heterocycles. The van der Waals surface area contributed by atoms with Gasteiger partial charge in [0.05, 0.1) is 29.3 Å². The quantitative estimate of drug-likeness (QED) is 0.372. The molecule has 1 amide bonds. The molecule has 2 saturated heterocycles. The number of rotatable bonds is 5. The zero-order chi connectivity index (χ0) is 22.2. The molecule has 168 valence electrons. The molecule has 8 heteroatoms. The zero-order valence-corrected chi connectivity index (χ0v) is 18.2. The van der Waals surface area contributed by atoms with Crippen LogP contribution in [0.5, 0.6) is 0 Å². The van der Waals surface area contributed by atoms with Gasteiger partial charge in [-0.15, -0.1) is 0 Å². The average molecular weight is 443 g/mol. The van der Waals surface area contributed by atoms with Gasteiger partial charge in [0.15, 0.2) is 5.76 Å². The Morgan fingerprint density at radius 1 is 1.03 bits per heavy atom. The van der Waals surface area contributed by atoms with E-state index in [2.05, 4.69) is 25.9 Å². The van der Waals surface area contributed by atoms with E-state index in [9.17, 15) is 4.79 Å². The van der Waals surface area contributed by atoms with Crippen molar-refractivity contribution in [1.82, 2.24) is 25.6 Å². The summed E-state index contributed by atoms with van der Waals surface area (Å²) < 4.78 is 6.08. The van der Waals surface area contributed by atoms with E-state index in [1.54, 1.807) is 6.20 Å².